The summed E-state index contributed by atoms with van der Waals surface area (Å²) in [5, 5.41) is 33.0. The number of amides is 1. The topological polar surface area (TPSA) is 144 Å². The summed E-state index contributed by atoms with van der Waals surface area (Å²) < 4.78 is 21.5. The molecule has 1 amide bonds. The van der Waals surface area contributed by atoms with E-state index < -0.39 is 55.4 Å². The van der Waals surface area contributed by atoms with E-state index in [1.807, 2.05) is 18.2 Å². The predicted molar refractivity (Wildman–Crippen MR) is 126 cm³/mol. The Bertz CT molecular complexity index is 746. The number of carbonyl (C=O) groups excluding carboxylic acids is 2. The van der Waals surface area contributed by atoms with Crippen molar-refractivity contribution in [2.24, 2.45) is 0 Å². The number of unbranched alkanes of at least 4 members (excludes halogenated alkanes) is 5. The molecule has 1 fully saturated rings. The van der Waals surface area contributed by atoms with Gasteiger partial charge in [-0.15, -0.1) is 0 Å². The van der Waals surface area contributed by atoms with Gasteiger partial charge in [0.25, 0.3) is 0 Å². The Hall–Kier alpha value is -2.24. The molecule has 0 aliphatic carbocycles. The molecule has 0 radical (unpaired) electrons. The first kappa shape index (κ1) is 29.0. The summed E-state index contributed by atoms with van der Waals surface area (Å²) >= 11 is 0. The summed E-state index contributed by atoms with van der Waals surface area (Å²) in [5.74, 6) is -0.883. The number of carbonyl (C=O) groups is 2. The number of hydrogen-bond donors (Lipinski definition) is 4. The maximum atomic E-state index is 12.5. The zero-order valence-corrected chi connectivity index (χ0v) is 20.5. The van der Waals surface area contributed by atoms with Gasteiger partial charge in [0, 0.05) is 6.61 Å². The number of ether oxygens (including phenoxy) is 4. The highest BCUT2D eigenvalue weighted by molar-refractivity contribution is 5.81. The largest absolute Gasteiger partial charge is 0.455 e. The minimum absolute atomic E-state index is 0.0303. The van der Waals surface area contributed by atoms with Crippen molar-refractivity contribution >= 4 is 12.1 Å². The molecule has 0 spiro atoms. The summed E-state index contributed by atoms with van der Waals surface area (Å²) in [6, 6.07) is 7.93. The molecule has 0 unspecified atom stereocenters. The molecule has 1 heterocycles. The lowest BCUT2D eigenvalue weighted by Crippen LogP contribution is -2.61. The first-order chi connectivity index (χ1) is 16.9. The molecule has 2 rings (SSSR count). The second-order valence-electron chi connectivity index (χ2n) is 8.67. The van der Waals surface area contributed by atoms with Gasteiger partial charge in [-0.25, -0.2) is 9.59 Å². The van der Waals surface area contributed by atoms with E-state index in [0.717, 1.165) is 37.7 Å². The zero-order chi connectivity index (χ0) is 25.6. The molecular weight excluding hydrogens is 458 g/mol. The summed E-state index contributed by atoms with van der Waals surface area (Å²) in [6.45, 7) is 3.33. The Morgan fingerprint density at radius 1 is 1.06 bits per heavy atom. The lowest BCUT2D eigenvalue weighted by atomic mass is 9.99. The van der Waals surface area contributed by atoms with Crippen LogP contribution in [0.2, 0.25) is 0 Å². The molecule has 4 N–H and O–H groups in total. The zero-order valence-electron chi connectivity index (χ0n) is 20.5. The van der Waals surface area contributed by atoms with E-state index in [1.54, 1.807) is 12.1 Å². The van der Waals surface area contributed by atoms with Crippen molar-refractivity contribution in [3.8, 4) is 0 Å². The van der Waals surface area contributed by atoms with E-state index in [0.29, 0.717) is 6.61 Å². The fourth-order valence-electron chi connectivity index (χ4n) is 3.65. The fraction of sp³-hybridized carbons (Fsp3) is 0.680. The van der Waals surface area contributed by atoms with Crippen LogP contribution in [-0.4, -0.2) is 77.3 Å². The normalized spacial score (nSPS) is 25.0. The third kappa shape index (κ3) is 9.73. The van der Waals surface area contributed by atoms with Gasteiger partial charge in [-0.3, -0.25) is 0 Å². The van der Waals surface area contributed by atoms with Crippen LogP contribution in [0, 0.1) is 0 Å². The molecule has 35 heavy (non-hydrogen) atoms. The van der Waals surface area contributed by atoms with Crippen LogP contribution in [-0.2, 0) is 30.3 Å². The number of esters is 1. The van der Waals surface area contributed by atoms with Gasteiger partial charge in [0.05, 0.1) is 6.61 Å². The summed E-state index contributed by atoms with van der Waals surface area (Å²) in [4.78, 5) is 24.5. The quantitative estimate of drug-likeness (QED) is 0.224. The SMILES string of the molecule is CCCCCCCCO[C@@H]1O[C@H](CO)[C@@H](OC(=O)[C@H](C)NC(=O)OCc2ccccc2)[C@H](O)[C@H]1O. The molecule has 0 bridgehead atoms. The number of aliphatic hydroxyl groups excluding tert-OH is 3. The van der Waals surface area contributed by atoms with Gasteiger partial charge in [0.2, 0.25) is 0 Å². The van der Waals surface area contributed by atoms with Crippen LogP contribution in [0.5, 0.6) is 0 Å². The standard InChI is InChI=1S/C25H39NO9/c1-3-4-5-6-7-11-14-32-24-21(29)20(28)22(19(15-27)34-24)35-23(30)17(2)26-25(31)33-16-18-12-9-8-10-13-18/h8-10,12-13,17,19-22,24,27-29H,3-7,11,14-16H2,1-2H3,(H,26,31)/t17-,19+,20+,21+,22+,24+/m0/s1. The van der Waals surface area contributed by atoms with Crippen molar-refractivity contribution in [2.75, 3.05) is 13.2 Å². The molecule has 10 nitrogen and oxygen atoms in total. The summed E-state index contributed by atoms with van der Waals surface area (Å²) in [7, 11) is 0. The fourth-order valence-corrected chi connectivity index (χ4v) is 3.65. The van der Waals surface area contributed by atoms with Crippen molar-refractivity contribution in [3.63, 3.8) is 0 Å². The Balaban J connectivity index is 1.78. The lowest BCUT2D eigenvalue weighted by Gasteiger charge is -2.41. The highest BCUT2D eigenvalue weighted by Gasteiger charge is 2.47. The first-order valence-electron chi connectivity index (χ1n) is 12.3. The van der Waals surface area contributed by atoms with Crippen LogP contribution in [0.1, 0.15) is 57.9 Å². The highest BCUT2D eigenvalue weighted by Crippen LogP contribution is 2.25. The number of rotatable bonds is 14. The Labute approximate surface area is 206 Å². The second-order valence-corrected chi connectivity index (χ2v) is 8.67. The van der Waals surface area contributed by atoms with Crippen LogP contribution in [0.3, 0.4) is 0 Å². The molecule has 1 aromatic rings. The number of nitrogens with one attached hydrogen (secondary N) is 1. The molecule has 10 heteroatoms. The molecular formula is C25H39NO9. The monoisotopic (exact) mass is 497 g/mol. The van der Waals surface area contributed by atoms with Gasteiger partial charge in [0.1, 0.15) is 31.0 Å². The van der Waals surface area contributed by atoms with E-state index in [4.69, 9.17) is 18.9 Å². The first-order valence-corrected chi connectivity index (χ1v) is 12.3. The average molecular weight is 498 g/mol. The molecule has 6 atom stereocenters. The number of alkyl carbamates (subject to hydrolysis) is 1. The maximum Gasteiger partial charge on any atom is 0.408 e. The second kappa shape index (κ2) is 15.7. The summed E-state index contributed by atoms with van der Waals surface area (Å²) in [6.07, 6.45) is -1.08. The highest BCUT2D eigenvalue weighted by atomic mass is 16.7. The van der Waals surface area contributed by atoms with E-state index in [9.17, 15) is 24.9 Å². The van der Waals surface area contributed by atoms with Gasteiger partial charge in [-0.05, 0) is 18.9 Å². The maximum absolute atomic E-state index is 12.5. The summed E-state index contributed by atoms with van der Waals surface area (Å²) in [5.41, 5.74) is 0.786. The van der Waals surface area contributed by atoms with Crippen LogP contribution in [0.4, 0.5) is 4.79 Å². The van der Waals surface area contributed by atoms with Crippen LogP contribution < -0.4 is 5.32 Å². The smallest absolute Gasteiger partial charge is 0.408 e. The van der Waals surface area contributed by atoms with E-state index in [1.165, 1.54) is 13.3 Å². The Kier molecular flexibility index (Phi) is 13.0. The van der Waals surface area contributed by atoms with Crippen molar-refractivity contribution in [2.45, 2.75) is 95.7 Å². The van der Waals surface area contributed by atoms with Gasteiger partial charge < -0.3 is 39.6 Å². The van der Waals surface area contributed by atoms with Crippen molar-refractivity contribution < 1.29 is 43.9 Å². The van der Waals surface area contributed by atoms with Crippen molar-refractivity contribution in [1.29, 1.82) is 0 Å². The van der Waals surface area contributed by atoms with Gasteiger partial charge in [-0.2, -0.15) is 0 Å². The lowest BCUT2D eigenvalue weighted by molar-refractivity contribution is -0.303. The number of aliphatic hydroxyl groups is 3. The van der Waals surface area contributed by atoms with Gasteiger partial charge in [0.15, 0.2) is 12.4 Å². The predicted octanol–water partition coefficient (Wildman–Crippen LogP) is 2.03. The number of hydrogen-bond acceptors (Lipinski definition) is 9. The van der Waals surface area contributed by atoms with Crippen molar-refractivity contribution in [1.82, 2.24) is 5.32 Å². The van der Waals surface area contributed by atoms with Crippen LogP contribution in [0.15, 0.2) is 30.3 Å². The van der Waals surface area contributed by atoms with Crippen molar-refractivity contribution in [3.05, 3.63) is 35.9 Å². The van der Waals surface area contributed by atoms with Gasteiger partial charge in [-0.1, -0.05) is 69.4 Å². The molecule has 1 aliphatic rings. The average Bonchev–Trinajstić information content (AvgIpc) is 2.86. The molecule has 0 saturated carbocycles. The number of benzene rings is 1. The molecule has 0 aromatic heterocycles. The van der Waals surface area contributed by atoms with E-state index in [-0.39, 0.29) is 6.61 Å². The van der Waals surface area contributed by atoms with E-state index in [2.05, 4.69) is 12.2 Å². The Morgan fingerprint density at radius 2 is 1.74 bits per heavy atom. The molecule has 1 aromatic carbocycles. The van der Waals surface area contributed by atoms with Crippen LogP contribution >= 0.6 is 0 Å². The van der Waals surface area contributed by atoms with Crippen LogP contribution in [0.25, 0.3) is 0 Å². The van der Waals surface area contributed by atoms with E-state index >= 15 is 0 Å². The Morgan fingerprint density at radius 3 is 2.43 bits per heavy atom. The minimum atomic E-state index is -1.54. The third-order valence-corrected chi connectivity index (χ3v) is 5.75. The minimum Gasteiger partial charge on any atom is -0.455 e. The van der Waals surface area contributed by atoms with Gasteiger partial charge >= 0.3 is 12.1 Å². The molecule has 198 valence electrons. The third-order valence-electron chi connectivity index (χ3n) is 5.75. The molecule has 1 saturated heterocycles. The molecule has 1 aliphatic heterocycles.